The first-order chi connectivity index (χ1) is 8.77. The summed E-state index contributed by atoms with van der Waals surface area (Å²) in [6.45, 7) is 0. The fourth-order valence-electron chi connectivity index (χ4n) is 2.19. The van der Waals surface area contributed by atoms with Gasteiger partial charge in [0.15, 0.2) is 0 Å². The molecule has 3 heteroatoms. The highest BCUT2D eigenvalue weighted by molar-refractivity contribution is 7.08. The zero-order valence-corrected chi connectivity index (χ0v) is 11.2. The van der Waals surface area contributed by atoms with Crippen molar-refractivity contribution >= 4 is 33.7 Å². The smallest absolute Gasteiger partial charge is 0.0566 e. The first kappa shape index (κ1) is 11.7. The molecule has 90 valence electrons. The molecule has 0 saturated carbocycles. The Balaban J connectivity index is 2.21. The Labute approximate surface area is 115 Å². The molecule has 0 amide bonds. The van der Waals surface area contributed by atoms with E-state index in [-0.39, 0.29) is 6.04 Å². The highest BCUT2D eigenvalue weighted by Gasteiger charge is 2.13. The average Bonchev–Trinajstić information content (AvgIpc) is 2.93. The molecule has 1 unspecified atom stereocenters. The van der Waals surface area contributed by atoms with Crippen molar-refractivity contribution < 1.29 is 0 Å². The zero-order valence-electron chi connectivity index (χ0n) is 9.64. The van der Waals surface area contributed by atoms with Crippen LogP contribution in [0.25, 0.3) is 10.8 Å². The lowest BCUT2D eigenvalue weighted by molar-refractivity contribution is 0.886. The molecule has 2 N–H and O–H groups in total. The van der Waals surface area contributed by atoms with Crippen LogP contribution in [0.1, 0.15) is 17.2 Å². The van der Waals surface area contributed by atoms with Crippen LogP contribution in [0.4, 0.5) is 0 Å². The molecular formula is C15H12ClNS. The molecule has 1 aromatic heterocycles. The predicted molar refractivity (Wildman–Crippen MR) is 79.3 cm³/mol. The molecule has 0 aliphatic rings. The number of halogens is 1. The molecule has 18 heavy (non-hydrogen) atoms. The molecule has 3 aromatic rings. The van der Waals surface area contributed by atoms with Gasteiger partial charge in [-0.05, 0) is 39.4 Å². The van der Waals surface area contributed by atoms with Gasteiger partial charge in [-0.3, -0.25) is 0 Å². The molecule has 2 aromatic carbocycles. The Kier molecular flexibility index (Phi) is 3.08. The van der Waals surface area contributed by atoms with E-state index in [1.807, 2.05) is 35.7 Å². The van der Waals surface area contributed by atoms with Gasteiger partial charge in [0.2, 0.25) is 0 Å². The van der Waals surface area contributed by atoms with Gasteiger partial charge in [0.1, 0.15) is 0 Å². The van der Waals surface area contributed by atoms with Gasteiger partial charge in [0.05, 0.1) is 6.04 Å². The Hall–Kier alpha value is -1.35. The second kappa shape index (κ2) is 4.73. The van der Waals surface area contributed by atoms with Crippen LogP contribution in [0.2, 0.25) is 5.02 Å². The molecule has 0 fully saturated rings. The van der Waals surface area contributed by atoms with Crippen LogP contribution >= 0.6 is 22.9 Å². The second-order valence-corrected chi connectivity index (χ2v) is 5.40. The number of hydrogen-bond donors (Lipinski definition) is 1. The first-order valence-corrected chi connectivity index (χ1v) is 7.04. The molecule has 3 rings (SSSR count). The first-order valence-electron chi connectivity index (χ1n) is 5.72. The van der Waals surface area contributed by atoms with Gasteiger partial charge >= 0.3 is 0 Å². The van der Waals surface area contributed by atoms with E-state index in [2.05, 4.69) is 17.5 Å². The Bertz CT molecular complexity index is 676. The third kappa shape index (κ3) is 1.93. The number of nitrogens with two attached hydrogens (primary N) is 1. The highest BCUT2D eigenvalue weighted by Crippen LogP contribution is 2.32. The second-order valence-electron chi connectivity index (χ2n) is 4.22. The van der Waals surface area contributed by atoms with E-state index in [1.54, 1.807) is 11.3 Å². The summed E-state index contributed by atoms with van der Waals surface area (Å²) in [6.07, 6.45) is 0. The third-order valence-electron chi connectivity index (χ3n) is 3.14. The fraction of sp³-hybridized carbons (Fsp3) is 0.0667. The van der Waals surface area contributed by atoms with E-state index in [4.69, 9.17) is 17.3 Å². The van der Waals surface area contributed by atoms with Crippen molar-refractivity contribution in [2.45, 2.75) is 6.04 Å². The summed E-state index contributed by atoms with van der Waals surface area (Å²) in [5.41, 5.74) is 8.61. The van der Waals surface area contributed by atoms with Gasteiger partial charge in [-0.15, -0.1) is 0 Å². The van der Waals surface area contributed by atoms with Gasteiger partial charge in [0, 0.05) is 10.4 Å². The third-order valence-corrected chi connectivity index (χ3v) is 4.17. The molecule has 0 aliphatic carbocycles. The summed E-state index contributed by atoms with van der Waals surface area (Å²) in [5.74, 6) is 0. The highest BCUT2D eigenvalue weighted by atomic mass is 35.5. The maximum Gasteiger partial charge on any atom is 0.0566 e. The standard InChI is InChI=1S/C15H12ClNS/c16-14-6-5-13(11-3-1-2-4-12(11)14)15(17)10-7-8-18-9-10/h1-9,15H,17H2. The number of thiophene rings is 1. The maximum atomic E-state index is 6.34. The fourth-order valence-corrected chi connectivity index (χ4v) is 3.11. The van der Waals surface area contributed by atoms with Crippen LogP contribution in [-0.4, -0.2) is 0 Å². The van der Waals surface area contributed by atoms with Crippen LogP contribution in [-0.2, 0) is 0 Å². The van der Waals surface area contributed by atoms with Crippen molar-refractivity contribution in [2.75, 3.05) is 0 Å². The van der Waals surface area contributed by atoms with E-state index in [9.17, 15) is 0 Å². The lowest BCUT2D eigenvalue weighted by Gasteiger charge is -2.14. The van der Waals surface area contributed by atoms with E-state index in [0.29, 0.717) is 0 Å². The molecule has 0 spiro atoms. The SMILES string of the molecule is NC(c1ccsc1)c1ccc(Cl)c2ccccc12. The summed E-state index contributed by atoms with van der Waals surface area (Å²) in [6, 6.07) is 14.0. The van der Waals surface area contributed by atoms with Crippen molar-refractivity contribution in [3.05, 3.63) is 69.4 Å². The molecule has 0 aliphatic heterocycles. The van der Waals surface area contributed by atoms with E-state index < -0.39 is 0 Å². The van der Waals surface area contributed by atoms with E-state index >= 15 is 0 Å². The molecule has 1 atom stereocenters. The molecule has 0 bridgehead atoms. The maximum absolute atomic E-state index is 6.34. The summed E-state index contributed by atoms with van der Waals surface area (Å²) >= 11 is 7.88. The van der Waals surface area contributed by atoms with Gasteiger partial charge in [-0.2, -0.15) is 11.3 Å². The number of fused-ring (bicyclic) bond motifs is 1. The molecular weight excluding hydrogens is 262 g/mol. The van der Waals surface area contributed by atoms with E-state index in [0.717, 1.165) is 26.9 Å². The van der Waals surface area contributed by atoms with Crippen molar-refractivity contribution in [1.82, 2.24) is 0 Å². The van der Waals surface area contributed by atoms with Crippen LogP contribution in [0.15, 0.2) is 53.2 Å². The largest absolute Gasteiger partial charge is 0.320 e. The minimum atomic E-state index is -0.0987. The van der Waals surface area contributed by atoms with Crippen LogP contribution in [0.3, 0.4) is 0 Å². The summed E-state index contributed by atoms with van der Waals surface area (Å²) in [4.78, 5) is 0. The quantitative estimate of drug-likeness (QED) is 0.725. The molecule has 0 saturated heterocycles. The van der Waals surface area contributed by atoms with Gasteiger partial charge in [-0.25, -0.2) is 0 Å². The van der Waals surface area contributed by atoms with Gasteiger partial charge in [-0.1, -0.05) is 41.9 Å². The van der Waals surface area contributed by atoms with Gasteiger partial charge < -0.3 is 5.73 Å². The summed E-state index contributed by atoms with van der Waals surface area (Å²) < 4.78 is 0. The minimum absolute atomic E-state index is 0.0987. The lowest BCUT2D eigenvalue weighted by Crippen LogP contribution is -2.11. The molecule has 1 nitrogen and oxygen atoms in total. The van der Waals surface area contributed by atoms with Crippen molar-refractivity contribution in [2.24, 2.45) is 5.73 Å². The Morgan fingerprint density at radius 1 is 1.00 bits per heavy atom. The average molecular weight is 274 g/mol. The van der Waals surface area contributed by atoms with Crippen molar-refractivity contribution in [3.8, 4) is 0 Å². The Morgan fingerprint density at radius 3 is 2.50 bits per heavy atom. The van der Waals surface area contributed by atoms with E-state index in [1.165, 1.54) is 0 Å². The normalized spacial score (nSPS) is 12.8. The van der Waals surface area contributed by atoms with Crippen LogP contribution < -0.4 is 5.73 Å². The molecule has 0 radical (unpaired) electrons. The summed E-state index contributed by atoms with van der Waals surface area (Å²) in [5, 5.41) is 7.10. The monoisotopic (exact) mass is 273 g/mol. The van der Waals surface area contributed by atoms with Gasteiger partial charge in [0.25, 0.3) is 0 Å². The lowest BCUT2D eigenvalue weighted by atomic mass is 9.96. The predicted octanol–water partition coefficient (Wildman–Crippen LogP) is 4.60. The summed E-state index contributed by atoms with van der Waals surface area (Å²) in [7, 11) is 0. The van der Waals surface area contributed by atoms with Crippen molar-refractivity contribution in [3.63, 3.8) is 0 Å². The number of rotatable bonds is 2. The number of hydrogen-bond acceptors (Lipinski definition) is 2. The topological polar surface area (TPSA) is 26.0 Å². The van der Waals surface area contributed by atoms with Crippen molar-refractivity contribution in [1.29, 1.82) is 0 Å². The Morgan fingerprint density at radius 2 is 1.78 bits per heavy atom. The molecule has 1 heterocycles. The van der Waals surface area contributed by atoms with Crippen LogP contribution in [0.5, 0.6) is 0 Å². The number of benzene rings is 2. The zero-order chi connectivity index (χ0) is 12.5. The van der Waals surface area contributed by atoms with Crippen LogP contribution in [0, 0.1) is 0 Å². The minimum Gasteiger partial charge on any atom is -0.320 e.